The number of hydrogen-bond acceptors (Lipinski definition) is 3. The van der Waals surface area contributed by atoms with Crippen molar-refractivity contribution in [3.63, 3.8) is 0 Å². The van der Waals surface area contributed by atoms with Crippen LogP contribution in [0.25, 0.3) is 21.8 Å². The molecule has 23 heavy (non-hydrogen) atoms. The molecule has 0 atom stereocenters. The summed E-state index contributed by atoms with van der Waals surface area (Å²) in [6, 6.07) is 10.5. The van der Waals surface area contributed by atoms with E-state index in [2.05, 4.69) is 25.3 Å². The minimum absolute atomic E-state index is 0.183. The number of fused-ring (bicyclic) bond motifs is 3. The standard InChI is InChI=1S/C18H17NO4/c1-18(2,3)19-15-6-4-11(17(21)22)8-13(15)14-9-12(23-10-20)5-7-16(14)19/h4-10H,1-3H3,(H,21,22). The van der Waals surface area contributed by atoms with Crippen LogP contribution in [0, 0.1) is 0 Å². The molecule has 0 spiro atoms. The average molecular weight is 311 g/mol. The SMILES string of the molecule is CC(C)(C)n1c2ccc(OC=O)cc2c2cc(C(=O)O)ccc21. The molecule has 0 saturated heterocycles. The monoisotopic (exact) mass is 311 g/mol. The third-order valence-electron chi connectivity index (χ3n) is 3.84. The van der Waals surface area contributed by atoms with Gasteiger partial charge in [-0.25, -0.2) is 4.79 Å². The normalized spacial score (nSPS) is 11.8. The fraction of sp³-hybridized carbons (Fsp3) is 0.222. The Bertz CT molecular complexity index is 931. The number of nitrogens with zero attached hydrogens (tertiary/aromatic N) is 1. The lowest BCUT2D eigenvalue weighted by molar-refractivity contribution is -0.120. The highest BCUT2D eigenvalue weighted by atomic mass is 16.5. The molecule has 0 bridgehead atoms. The van der Waals surface area contributed by atoms with Crippen LogP contribution in [0.1, 0.15) is 31.1 Å². The van der Waals surface area contributed by atoms with Crippen LogP contribution in [0.15, 0.2) is 36.4 Å². The minimum atomic E-state index is -0.969. The number of rotatable bonds is 3. The summed E-state index contributed by atoms with van der Waals surface area (Å²) in [7, 11) is 0. The molecule has 0 amide bonds. The Labute approximate surface area is 133 Å². The quantitative estimate of drug-likeness (QED) is 0.747. The van der Waals surface area contributed by atoms with E-state index in [9.17, 15) is 14.7 Å². The smallest absolute Gasteiger partial charge is 0.335 e. The van der Waals surface area contributed by atoms with Crippen molar-refractivity contribution in [2.45, 2.75) is 26.3 Å². The first-order valence-electron chi connectivity index (χ1n) is 7.25. The zero-order chi connectivity index (χ0) is 16.8. The lowest BCUT2D eigenvalue weighted by Crippen LogP contribution is -2.21. The molecule has 1 heterocycles. The van der Waals surface area contributed by atoms with Crippen LogP contribution in [0.2, 0.25) is 0 Å². The van der Waals surface area contributed by atoms with Gasteiger partial charge in [0.1, 0.15) is 5.75 Å². The van der Waals surface area contributed by atoms with Gasteiger partial charge in [0.25, 0.3) is 6.47 Å². The fourth-order valence-corrected chi connectivity index (χ4v) is 2.99. The highest BCUT2D eigenvalue weighted by Gasteiger charge is 2.21. The molecule has 1 aromatic heterocycles. The Morgan fingerprint density at radius 2 is 1.70 bits per heavy atom. The van der Waals surface area contributed by atoms with Crippen LogP contribution in [0.5, 0.6) is 5.75 Å². The van der Waals surface area contributed by atoms with E-state index in [1.165, 1.54) is 0 Å². The Morgan fingerprint density at radius 3 is 2.26 bits per heavy atom. The van der Waals surface area contributed by atoms with Crippen LogP contribution >= 0.6 is 0 Å². The zero-order valence-electron chi connectivity index (χ0n) is 13.2. The molecule has 5 nitrogen and oxygen atoms in total. The van der Waals surface area contributed by atoms with Crippen molar-refractivity contribution < 1.29 is 19.4 Å². The second-order valence-electron chi connectivity index (χ2n) is 6.44. The molecule has 0 radical (unpaired) electrons. The van der Waals surface area contributed by atoms with Crippen LogP contribution in [-0.2, 0) is 10.3 Å². The van der Waals surface area contributed by atoms with Gasteiger partial charge in [-0.1, -0.05) is 0 Å². The number of carboxylic acids is 1. The Kier molecular flexibility index (Phi) is 3.36. The van der Waals surface area contributed by atoms with E-state index in [0.717, 1.165) is 21.8 Å². The fourth-order valence-electron chi connectivity index (χ4n) is 2.99. The number of benzene rings is 2. The second kappa shape index (κ2) is 5.12. The molecule has 3 rings (SSSR count). The number of ether oxygens (including phenoxy) is 1. The molecule has 5 heteroatoms. The van der Waals surface area contributed by atoms with E-state index in [-0.39, 0.29) is 11.1 Å². The largest absolute Gasteiger partial charge is 0.478 e. The van der Waals surface area contributed by atoms with Crippen molar-refractivity contribution in [2.75, 3.05) is 0 Å². The first kappa shape index (κ1) is 15.1. The number of carboxylic acid groups (broad SMARTS) is 1. The summed E-state index contributed by atoms with van der Waals surface area (Å²) in [5, 5.41) is 10.9. The van der Waals surface area contributed by atoms with E-state index < -0.39 is 5.97 Å². The van der Waals surface area contributed by atoms with E-state index in [1.807, 2.05) is 12.1 Å². The summed E-state index contributed by atoms with van der Waals surface area (Å²) < 4.78 is 7.09. The summed E-state index contributed by atoms with van der Waals surface area (Å²) in [5.74, 6) is -0.537. The van der Waals surface area contributed by atoms with Crippen LogP contribution < -0.4 is 4.74 Å². The van der Waals surface area contributed by atoms with Crippen molar-refractivity contribution in [1.29, 1.82) is 0 Å². The van der Waals surface area contributed by atoms with Gasteiger partial charge in [0.2, 0.25) is 0 Å². The van der Waals surface area contributed by atoms with Gasteiger partial charge in [0, 0.05) is 27.3 Å². The summed E-state index contributed by atoms with van der Waals surface area (Å²) in [6.07, 6.45) is 0. The number of hydrogen-bond donors (Lipinski definition) is 1. The highest BCUT2D eigenvalue weighted by molar-refractivity contribution is 6.10. The minimum Gasteiger partial charge on any atom is -0.478 e. The maximum absolute atomic E-state index is 11.3. The number of aromatic nitrogens is 1. The van der Waals surface area contributed by atoms with Crippen molar-refractivity contribution in [3.05, 3.63) is 42.0 Å². The third kappa shape index (κ3) is 2.44. The van der Waals surface area contributed by atoms with Crippen LogP contribution in [0.3, 0.4) is 0 Å². The topological polar surface area (TPSA) is 68.5 Å². The molecule has 0 fully saturated rings. The summed E-state index contributed by atoms with van der Waals surface area (Å²) in [5.41, 5.74) is 1.96. The molecule has 3 aromatic rings. The molecule has 2 aromatic carbocycles. The molecular formula is C18H17NO4. The van der Waals surface area contributed by atoms with Crippen molar-refractivity contribution in [2.24, 2.45) is 0 Å². The first-order valence-corrected chi connectivity index (χ1v) is 7.25. The lowest BCUT2D eigenvalue weighted by atomic mass is 10.1. The highest BCUT2D eigenvalue weighted by Crippen LogP contribution is 2.36. The van der Waals surface area contributed by atoms with Gasteiger partial charge >= 0.3 is 5.97 Å². The van der Waals surface area contributed by atoms with Gasteiger partial charge in [0.15, 0.2) is 0 Å². The number of carbonyl (C=O) groups is 2. The lowest BCUT2D eigenvalue weighted by Gasteiger charge is -2.24. The van der Waals surface area contributed by atoms with Gasteiger partial charge in [-0.2, -0.15) is 0 Å². The van der Waals surface area contributed by atoms with Gasteiger partial charge < -0.3 is 14.4 Å². The van der Waals surface area contributed by atoms with E-state index in [0.29, 0.717) is 12.2 Å². The zero-order valence-corrected chi connectivity index (χ0v) is 13.2. The van der Waals surface area contributed by atoms with Crippen LogP contribution in [0.4, 0.5) is 0 Å². The molecule has 0 saturated carbocycles. The molecule has 0 aliphatic carbocycles. The van der Waals surface area contributed by atoms with Crippen molar-refractivity contribution >= 4 is 34.2 Å². The Morgan fingerprint density at radius 1 is 1.09 bits per heavy atom. The molecule has 0 aliphatic heterocycles. The molecule has 0 aliphatic rings. The van der Waals surface area contributed by atoms with Crippen LogP contribution in [-0.4, -0.2) is 22.1 Å². The Balaban J connectivity index is 2.45. The first-order chi connectivity index (χ1) is 10.8. The molecular weight excluding hydrogens is 294 g/mol. The number of carbonyl (C=O) groups excluding carboxylic acids is 1. The molecule has 1 N–H and O–H groups in total. The maximum Gasteiger partial charge on any atom is 0.335 e. The summed E-state index contributed by atoms with van der Waals surface area (Å²) in [6.45, 7) is 6.65. The van der Waals surface area contributed by atoms with Gasteiger partial charge in [0.05, 0.1) is 5.56 Å². The molecule has 0 unspecified atom stereocenters. The van der Waals surface area contributed by atoms with E-state index in [1.54, 1.807) is 24.3 Å². The maximum atomic E-state index is 11.3. The van der Waals surface area contributed by atoms with Crippen molar-refractivity contribution in [3.8, 4) is 5.75 Å². The Hall–Kier alpha value is -2.82. The average Bonchev–Trinajstić information content (AvgIpc) is 2.80. The van der Waals surface area contributed by atoms with Gasteiger partial charge in [-0.05, 0) is 57.2 Å². The second-order valence-corrected chi connectivity index (χ2v) is 6.44. The van der Waals surface area contributed by atoms with Gasteiger partial charge in [-0.3, -0.25) is 4.79 Å². The molecule has 118 valence electrons. The third-order valence-corrected chi connectivity index (χ3v) is 3.84. The predicted molar refractivity (Wildman–Crippen MR) is 88.1 cm³/mol. The number of aromatic carboxylic acids is 1. The van der Waals surface area contributed by atoms with E-state index in [4.69, 9.17) is 4.74 Å². The van der Waals surface area contributed by atoms with Crippen molar-refractivity contribution in [1.82, 2.24) is 4.57 Å². The predicted octanol–water partition coefficient (Wildman–Crippen LogP) is 3.78. The summed E-state index contributed by atoms with van der Waals surface area (Å²) in [4.78, 5) is 21.9. The van der Waals surface area contributed by atoms with E-state index >= 15 is 0 Å². The summed E-state index contributed by atoms with van der Waals surface area (Å²) >= 11 is 0. The van der Waals surface area contributed by atoms with Gasteiger partial charge in [-0.15, -0.1) is 0 Å².